The topological polar surface area (TPSA) is 51.4 Å². The van der Waals surface area contributed by atoms with Crippen LogP contribution in [0.3, 0.4) is 0 Å². The van der Waals surface area contributed by atoms with Gasteiger partial charge < -0.3 is 14.2 Å². The molecule has 0 aliphatic rings. The second-order valence-corrected chi connectivity index (χ2v) is 3.71. The first-order valence-corrected chi connectivity index (χ1v) is 5.27. The Balaban J connectivity index is 2.47. The van der Waals surface area contributed by atoms with Crippen molar-refractivity contribution in [3.63, 3.8) is 0 Å². The molecule has 5 heteroatoms. The number of aromatic nitrogens is 2. The van der Waals surface area contributed by atoms with Crippen molar-refractivity contribution >= 4 is 6.01 Å². The van der Waals surface area contributed by atoms with Gasteiger partial charge in [-0.15, -0.1) is 0 Å². The van der Waals surface area contributed by atoms with Crippen LogP contribution >= 0.6 is 0 Å². The maximum Gasteiger partial charge on any atom is 0.323 e. The molecule has 15 heavy (non-hydrogen) atoms. The monoisotopic (exact) mass is 213 g/mol. The molecule has 1 aromatic heterocycles. The lowest BCUT2D eigenvalue weighted by atomic mass is 10.2. The van der Waals surface area contributed by atoms with Gasteiger partial charge in [-0.25, -0.2) is 0 Å². The van der Waals surface area contributed by atoms with Crippen molar-refractivity contribution in [1.29, 1.82) is 0 Å². The summed E-state index contributed by atoms with van der Waals surface area (Å²) in [5.74, 6) is 1.04. The maximum atomic E-state index is 5.25. The highest BCUT2D eigenvalue weighted by Crippen LogP contribution is 2.14. The molecule has 1 heterocycles. The lowest BCUT2D eigenvalue weighted by molar-refractivity contribution is 0.153. The van der Waals surface area contributed by atoms with Crippen LogP contribution in [0.5, 0.6) is 0 Å². The minimum Gasteiger partial charge on any atom is -0.380 e. The fourth-order valence-corrected chi connectivity index (χ4v) is 1.06. The Kier molecular flexibility index (Phi) is 4.55. The molecule has 0 saturated heterocycles. The third-order valence-corrected chi connectivity index (χ3v) is 2.05. The molecular weight excluding hydrogens is 194 g/mol. The van der Waals surface area contributed by atoms with Crippen LogP contribution in [-0.2, 0) is 4.74 Å². The van der Waals surface area contributed by atoms with Gasteiger partial charge in [-0.1, -0.05) is 19.0 Å². The van der Waals surface area contributed by atoms with Gasteiger partial charge in [-0.3, -0.25) is 0 Å². The second kappa shape index (κ2) is 5.70. The third-order valence-electron chi connectivity index (χ3n) is 2.05. The van der Waals surface area contributed by atoms with Crippen LogP contribution in [0.1, 0.15) is 32.5 Å². The molecule has 0 spiro atoms. The number of ether oxygens (including phenoxy) is 1. The average molecular weight is 213 g/mol. The molecular formula is C10H19N3O2. The van der Waals surface area contributed by atoms with E-state index in [9.17, 15) is 0 Å². The minimum absolute atomic E-state index is 0.294. The number of hydrogen-bond acceptors (Lipinski definition) is 5. The van der Waals surface area contributed by atoms with Crippen molar-refractivity contribution < 1.29 is 9.26 Å². The van der Waals surface area contributed by atoms with E-state index >= 15 is 0 Å². The Hall–Kier alpha value is -1.10. The molecule has 0 unspecified atom stereocenters. The summed E-state index contributed by atoms with van der Waals surface area (Å²) >= 11 is 0. The van der Waals surface area contributed by atoms with E-state index in [1.54, 1.807) is 0 Å². The Morgan fingerprint density at radius 1 is 1.47 bits per heavy atom. The van der Waals surface area contributed by atoms with Gasteiger partial charge in [-0.05, 0) is 6.92 Å². The van der Waals surface area contributed by atoms with Crippen LogP contribution in [0, 0.1) is 0 Å². The zero-order valence-corrected chi connectivity index (χ0v) is 9.86. The highest BCUT2D eigenvalue weighted by Gasteiger charge is 2.12. The van der Waals surface area contributed by atoms with Crippen molar-refractivity contribution in [3.05, 3.63) is 5.82 Å². The van der Waals surface area contributed by atoms with E-state index in [0.29, 0.717) is 18.5 Å². The van der Waals surface area contributed by atoms with Crippen molar-refractivity contribution in [1.82, 2.24) is 10.1 Å². The van der Waals surface area contributed by atoms with Gasteiger partial charge in [0.15, 0.2) is 5.82 Å². The minimum atomic E-state index is 0.294. The van der Waals surface area contributed by atoms with Gasteiger partial charge in [-0.2, -0.15) is 4.98 Å². The molecule has 0 radical (unpaired) electrons. The van der Waals surface area contributed by atoms with Gasteiger partial charge in [0, 0.05) is 26.1 Å². The first-order valence-electron chi connectivity index (χ1n) is 5.27. The fraction of sp³-hybridized carbons (Fsp3) is 0.800. The molecule has 0 aliphatic heterocycles. The number of nitrogens with zero attached hydrogens (tertiary/aromatic N) is 3. The summed E-state index contributed by atoms with van der Waals surface area (Å²) in [6, 6.07) is 0.554. The Labute approximate surface area is 90.4 Å². The average Bonchev–Trinajstić information content (AvgIpc) is 2.66. The first kappa shape index (κ1) is 12.0. The molecule has 1 rings (SSSR count). The van der Waals surface area contributed by atoms with Crippen molar-refractivity contribution in [3.8, 4) is 0 Å². The van der Waals surface area contributed by atoms with Crippen molar-refractivity contribution in [2.75, 3.05) is 31.7 Å². The van der Waals surface area contributed by atoms with E-state index in [4.69, 9.17) is 9.26 Å². The number of anilines is 1. The van der Waals surface area contributed by atoms with E-state index in [1.165, 1.54) is 0 Å². The number of rotatable bonds is 6. The van der Waals surface area contributed by atoms with Gasteiger partial charge in [0.2, 0.25) is 0 Å². The highest BCUT2D eigenvalue weighted by atomic mass is 16.5. The molecule has 0 bridgehead atoms. The van der Waals surface area contributed by atoms with Crippen LogP contribution in [0.4, 0.5) is 6.01 Å². The predicted molar refractivity (Wildman–Crippen MR) is 58.2 cm³/mol. The molecule has 0 atom stereocenters. The zero-order chi connectivity index (χ0) is 11.3. The molecule has 86 valence electrons. The van der Waals surface area contributed by atoms with Gasteiger partial charge in [0.1, 0.15) is 0 Å². The second-order valence-electron chi connectivity index (χ2n) is 3.71. The zero-order valence-electron chi connectivity index (χ0n) is 9.86. The van der Waals surface area contributed by atoms with E-state index in [2.05, 4.69) is 10.1 Å². The van der Waals surface area contributed by atoms with Gasteiger partial charge in [0.25, 0.3) is 0 Å². The molecule has 1 aromatic rings. The standard InChI is InChI=1S/C10H19N3O2/c1-5-14-7-6-13(4)10-11-9(8(2)3)12-15-10/h8H,5-7H2,1-4H3. The van der Waals surface area contributed by atoms with Crippen LogP contribution in [0.15, 0.2) is 4.52 Å². The summed E-state index contributed by atoms with van der Waals surface area (Å²) in [5.41, 5.74) is 0. The van der Waals surface area contributed by atoms with Gasteiger partial charge in [0.05, 0.1) is 6.61 Å². The van der Waals surface area contributed by atoms with Crippen LogP contribution in [-0.4, -0.2) is 36.9 Å². The number of hydrogen-bond donors (Lipinski definition) is 0. The third kappa shape index (κ3) is 3.51. The van der Waals surface area contributed by atoms with Crippen molar-refractivity contribution in [2.24, 2.45) is 0 Å². The SMILES string of the molecule is CCOCCN(C)c1nc(C(C)C)no1. The van der Waals surface area contributed by atoms with Crippen LogP contribution in [0.2, 0.25) is 0 Å². The first-order chi connectivity index (χ1) is 7.15. The maximum absolute atomic E-state index is 5.25. The normalized spacial score (nSPS) is 11.0. The molecule has 0 aromatic carbocycles. The van der Waals surface area contributed by atoms with E-state index in [-0.39, 0.29) is 0 Å². The highest BCUT2D eigenvalue weighted by molar-refractivity contribution is 5.23. The van der Waals surface area contributed by atoms with Gasteiger partial charge >= 0.3 is 6.01 Å². The molecule has 0 saturated carbocycles. The summed E-state index contributed by atoms with van der Waals surface area (Å²) in [4.78, 5) is 6.18. The summed E-state index contributed by atoms with van der Waals surface area (Å²) in [6.45, 7) is 8.21. The van der Waals surface area contributed by atoms with E-state index < -0.39 is 0 Å². The lowest BCUT2D eigenvalue weighted by Gasteiger charge is -2.12. The van der Waals surface area contributed by atoms with Crippen molar-refractivity contribution in [2.45, 2.75) is 26.7 Å². The smallest absolute Gasteiger partial charge is 0.323 e. The fourth-order valence-electron chi connectivity index (χ4n) is 1.06. The summed E-state index contributed by atoms with van der Waals surface area (Å²) in [7, 11) is 1.91. The molecule has 0 N–H and O–H groups in total. The molecule has 5 nitrogen and oxygen atoms in total. The lowest BCUT2D eigenvalue weighted by Crippen LogP contribution is -2.22. The van der Waals surface area contributed by atoms with E-state index in [0.717, 1.165) is 19.0 Å². The summed E-state index contributed by atoms with van der Waals surface area (Å²) in [6.07, 6.45) is 0. The molecule has 0 aliphatic carbocycles. The van der Waals surface area contributed by atoms with E-state index in [1.807, 2.05) is 32.7 Å². The largest absolute Gasteiger partial charge is 0.380 e. The quantitative estimate of drug-likeness (QED) is 0.673. The van der Waals surface area contributed by atoms with Crippen LogP contribution in [0.25, 0.3) is 0 Å². The molecule has 0 fully saturated rings. The number of likely N-dealkylation sites (N-methyl/N-ethyl adjacent to an activating group) is 1. The Morgan fingerprint density at radius 3 is 2.73 bits per heavy atom. The van der Waals surface area contributed by atoms with Crippen LogP contribution < -0.4 is 4.90 Å². The summed E-state index contributed by atoms with van der Waals surface area (Å²) < 4.78 is 10.4. The molecule has 0 amide bonds. The Morgan fingerprint density at radius 2 is 2.20 bits per heavy atom. The summed E-state index contributed by atoms with van der Waals surface area (Å²) in [5, 5.41) is 3.90. The predicted octanol–water partition coefficient (Wildman–Crippen LogP) is 1.67. The Bertz CT molecular complexity index is 286.